The lowest BCUT2D eigenvalue weighted by Gasteiger charge is -2.12. The average molecular weight is 145 g/mol. The van der Waals surface area contributed by atoms with Crippen LogP contribution in [0.5, 0.6) is 0 Å². The van der Waals surface area contributed by atoms with Crippen LogP contribution in [0.15, 0.2) is 0 Å². The summed E-state index contributed by atoms with van der Waals surface area (Å²) in [7, 11) is 0. The summed E-state index contributed by atoms with van der Waals surface area (Å²) >= 11 is 0. The maximum Gasteiger partial charge on any atom is 0.421 e. The van der Waals surface area contributed by atoms with Crippen molar-refractivity contribution >= 4 is 18.0 Å². The molecule has 0 aromatic heterocycles. The second-order valence-electron chi connectivity index (χ2n) is 1.39. The standard InChI is InChI=1S/C3H7N5O2/c4-1(5)8(2(6)7)3(9)10/h(H3,4,5)(H3,6,7)(H,9,10). The molecule has 0 radical (unpaired) electrons. The molecule has 7 nitrogen and oxygen atoms in total. The molecular formula is C3H7N5O2. The number of hydrogen-bond acceptors (Lipinski definition) is 3. The minimum absolute atomic E-state index is 0.139. The Morgan fingerprint density at radius 1 is 1.30 bits per heavy atom. The number of nitrogens with two attached hydrogens (primary N) is 2. The van der Waals surface area contributed by atoms with Gasteiger partial charge in [-0.15, -0.1) is 0 Å². The van der Waals surface area contributed by atoms with Gasteiger partial charge in [-0.05, 0) is 0 Å². The third-order valence-corrected chi connectivity index (χ3v) is 0.673. The summed E-state index contributed by atoms with van der Waals surface area (Å²) in [5.41, 5.74) is 9.49. The summed E-state index contributed by atoms with van der Waals surface area (Å²) in [6.45, 7) is 0. The number of amides is 1. The van der Waals surface area contributed by atoms with E-state index in [-0.39, 0.29) is 4.90 Å². The van der Waals surface area contributed by atoms with Crippen molar-refractivity contribution in [1.82, 2.24) is 4.90 Å². The van der Waals surface area contributed by atoms with Gasteiger partial charge in [0.15, 0.2) is 0 Å². The average Bonchev–Trinajstić information content (AvgIpc) is 1.59. The molecule has 0 aliphatic heterocycles. The first-order valence-corrected chi connectivity index (χ1v) is 2.18. The van der Waals surface area contributed by atoms with Gasteiger partial charge in [0.1, 0.15) is 0 Å². The van der Waals surface area contributed by atoms with Crippen LogP contribution in [0.2, 0.25) is 0 Å². The van der Waals surface area contributed by atoms with Gasteiger partial charge in [0.2, 0.25) is 11.9 Å². The van der Waals surface area contributed by atoms with E-state index in [4.69, 9.17) is 27.4 Å². The summed E-state index contributed by atoms with van der Waals surface area (Å²) in [6.07, 6.45) is -1.54. The molecule has 0 fully saturated rings. The molecule has 1 amide bonds. The van der Waals surface area contributed by atoms with Gasteiger partial charge in [-0.2, -0.15) is 4.90 Å². The Bertz CT molecular complexity index is 154. The predicted octanol–water partition coefficient (Wildman–Crippen LogP) is -1.25. The fraction of sp³-hybridized carbons (Fsp3) is 0. The zero-order valence-electron chi connectivity index (χ0n) is 4.96. The molecule has 0 rings (SSSR count). The van der Waals surface area contributed by atoms with Crippen molar-refractivity contribution in [2.75, 3.05) is 0 Å². The van der Waals surface area contributed by atoms with Crippen molar-refractivity contribution in [3.63, 3.8) is 0 Å². The van der Waals surface area contributed by atoms with Crippen molar-refractivity contribution in [3.05, 3.63) is 0 Å². The lowest BCUT2D eigenvalue weighted by atomic mass is 10.7. The summed E-state index contributed by atoms with van der Waals surface area (Å²) in [5, 5.41) is 21.4. The summed E-state index contributed by atoms with van der Waals surface area (Å²) < 4.78 is 0. The first kappa shape index (κ1) is 8.21. The fourth-order valence-corrected chi connectivity index (χ4v) is 0.336. The molecule has 0 atom stereocenters. The van der Waals surface area contributed by atoms with Crippen LogP contribution in [0.4, 0.5) is 4.79 Å². The third kappa shape index (κ3) is 1.62. The number of carboxylic acid groups (broad SMARTS) is 1. The Hall–Kier alpha value is -1.79. The maximum absolute atomic E-state index is 10.1. The summed E-state index contributed by atoms with van der Waals surface area (Å²) in [5.74, 6) is -1.58. The van der Waals surface area contributed by atoms with Crippen LogP contribution < -0.4 is 11.5 Å². The van der Waals surface area contributed by atoms with Gasteiger partial charge in [-0.1, -0.05) is 0 Å². The fourth-order valence-electron chi connectivity index (χ4n) is 0.336. The Balaban J connectivity index is 4.43. The van der Waals surface area contributed by atoms with Gasteiger partial charge in [0.25, 0.3) is 0 Å². The number of nitrogens with one attached hydrogen (secondary N) is 2. The first-order chi connectivity index (χ1) is 4.46. The SMILES string of the molecule is N=C(N)N(C(=N)N)C(=O)O. The Morgan fingerprint density at radius 3 is 1.60 bits per heavy atom. The molecule has 0 aliphatic rings. The predicted molar refractivity (Wildman–Crippen MR) is 33.7 cm³/mol. The molecule has 0 heterocycles. The van der Waals surface area contributed by atoms with Gasteiger partial charge in [0, 0.05) is 0 Å². The topological polar surface area (TPSA) is 140 Å². The van der Waals surface area contributed by atoms with Crippen LogP contribution in [0.1, 0.15) is 0 Å². The number of guanidine groups is 2. The normalized spacial score (nSPS) is 8.40. The molecule has 56 valence electrons. The number of hydrogen-bond donors (Lipinski definition) is 5. The summed E-state index contributed by atoms with van der Waals surface area (Å²) in [6, 6.07) is 0. The Kier molecular flexibility index (Phi) is 2.19. The van der Waals surface area contributed by atoms with Gasteiger partial charge in [-0.25, -0.2) is 4.79 Å². The van der Waals surface area contributed by atoms with Crippen molar-refractivity contribution in [2.24, 2.45) is 11.5 Å². The lowest BCUT2D eigenvalue weighted by Crippen LogP contribution is -2.47. The van der Waals surface area contributed by atoms with E-state index in [9.17, 15) is 4.79 Å². The van der Waals surface area contributed by atoms with Crippen LogP contribution >= 0.6 is 0 Å². The van der Waals surface area contributed by atoms with E-state index in [2.05, 4.69) is 0 Å². The van der Waals surface area contributed by atoms with Crippen molar-refractivity contribution in [2.45, 2.75) is 0 Å². The molecular weight excluding hydrogens is 138 g/mol. The number of nitrogens with zero attached hydrogens (tertiary/aromatic N) is 1. The molecule has 7 N–H and O–H groups in total. The largest absolute Gasteiger partial charge is 0.464 e. The van der Waals surface area contributed by atoms with Crippen molar-refractivity contribution < 1.29 is 9.90 Å². The molecule has 7 heteroatoms. The van der Waals surface area contributed by atoms with E-state index in [0.717, 1.165) is 0 Å². The molecule has 0 aromatic carbocycles. The molecule has 0 unspecified atom stereocenters. The summed E-state index contributed by atoms with van der Waals surface area (Å²) in [4.78, 5) is 10.2. The van der Waals surface area contributed by atoms with E-state index in [1.54, 1.807) is 0 Å². The van der Waals surface area contributed by atoms with Crippen LogP contribution in [0.25, 0.3) is 0 Å². The first-order valence-electron chi connectivity index (χ1n) is 2.18. The van der Waals surface area contributed by atoms with Gasteiger partial charge < -0.3 is 16.6 Å². The van der Waals surface area contributed by atoms with E-state index in [0.29, 0.717) is 0 Å². The van der Waals surface area contributed by atoms with Crippen LogP contribution in [-0.2, 0) is 0 Å². The van der Waals surface area contributed by atoms with E-state index in [1.807, 2.05) is 0 Å². The number of carbonyl (C=O) groups is 1. The smallest absolute Gasteiger partial charge is 0.421 e. The van der Waals surface area contributed by atoms with Crippen LogP contribution in [0, 0.1) is 10.8 Å². The van der Waals surface area contributed by atoms with Gasteiger partial charge >= 0.3 is 6.09 Å². The minimum atomic E-state index is -1.54. The highest BCUT2D eigenvalue weighted by molar-refractivity contribution is 6.07. The second-order valence-corrected chi connectivity index (χ2v) is 1.39. The highest BCUT2D eigenvalue weighted by atomic mass is 16.4. The van der Waals surface area contributed by atoms with Crippen molar-refractivity contribution in [1.29, 1.82) is 10.8 Å². The molecule has 0 aromatic rings. The lowest BCUT2D eigenvalue weighted by molar-refractivity contribution is 0.183. The Labute approximate surface area is 56.2 Å². The second kappa shape index (κ2) is 2.67. The van der Waals surface area contributed by atoms with Gasteiger partial charge in [-0.3, -0.25) is 10.8 Å². The highest BCUT2D eigenvalue weighted by Crippen LogP contribution is 1.84. The molecule has 10 heavy (non-hydrogen) atoms. The molecule has 0 aliphatic carbocycles. The quantitative estimate of drug-likeness (QED) is 0.214. The molecule has 0 spiro atoms. The molecule has 0 saturated carbocycles. The van der Waals surface area contributed by atoms with E-state index < -0.39 is 18.0 Å². The number of rotatable bonds is 0. The minimum Gasteiger partial charge on any atom is -0.464 e. The zero-order chi connectivity index (χ0) is 8.31. The van der Waals surface area contributed by atoms with Crippen LogP contribution in [0.3, 0.4) is 0 Å². The molecule has 0 saturated heterocycles. The third-order valence-electron chi connectivity index (χ3n) is 0.673. The highest BCUT2D eigenvalue weighted by Gasteiger charge is 2.17. The van der Waals surface area contributed by atoms with Gasteiger partial charge in [0.05, 0.1) is 0 Å². The van der Waals surface area contributed by atoms with E-state index in [1.165, 1.54) is 0 Å². The maximum atomic E-state index is 10.1. The van der Waals surface area contributed by atoms with Crippen molar-refractivity contribution in [3.8, 4) is 0 Å². The molecule has 0 bridgehead atoms. The zero-order valence-corrected chi connectivity index (χ0v) is 4.96. The Morgan fingerprint density at radius 2 is 1.60 bits per heavy atom. The monoisotopic (exact) mass is 145 g/mol. The van der Waals surface area contributed by atoms with Crippen LogP contribution in [-0.4, -0.2) is 28.0 Å². The van der Waals surface area contributed by atoms with E-state index >= 15 is 0 Å².